The molecule has 2 amide bonds. The van der Waals surface area contributed by atoms with Crippen molar-refractivity contribution in [2.75, 3.05) is 27.3 Å². The van der Waals surface area contributed by atoms with Gasteiger partial charge >= 0.3 is 24.1 Å². The number of nitrogens with zero attached hydrogens (tertiary/aromatic N) is 4. The smallest absolute Gasteiger partial charge is 0.410 e. The molecule has 6 aromatic rings. The van der Waals surface area contributed by atoms with E-state index in [0.29, 0.717) is 49.3 Å². The van der Waals surface area contributed by atoms with E-state index in [1.54, 1.807) is 52.7 Å². The average Bonchev–Trinajstić information content (AvgIpc) is 3.29. The van der Waals surface area contributed by atoms with Crippen LogP contribution in [0.1, 0.15) is 94.9 Å². The van der Waals surface area contributed by atoms with Crippen molar-refractivity contribution in [3.05, 3.63) is 153 Å². The minimum Gasteiger partial charge on any atom is -0.465 e. The molecule has 4 aromatic carbocycles. The maximum absolute atomic E-state index is 12.1. The minimum atomic E-state index is -0.494. The topological polar surface area (TPSA) is 155 Å². The third-order valence-corrected chi connectivity index (χ3v) is 10.5. The second-order valence-electron chi connectivity index (χ2n) is 17.2. The molecule has 0 saturated carbocycles. The Morgan fingerprint density at radius 2 is 1.03 bits per heavy atom. The lowest BCUT2D eigenvalue weighted by Gasteiger charge is -2.31. The third-order valence-electron chi connectivity index (χ3n) is 9.99. The fourth-order valence-electron chi connectivity index (χ4n) is 6.79. The maximum Gasteiger partial charge on any atom is 0.410 e. The molecule has 0 unspecified atom stereocenters. The number of esters is 2. The lowest BCUT2D eigenvalue weighted by molar-refractivity contribution is 0.0214. The molecule has 2 aliphatic heterocycles. The second-order valence-corrected chi connectivity index (χ2v) is 18.1. The number of hydrogen-bond donors (Lipinski definition) is 0. The van der Waals surface area contributed by atoms with Gasteiger partial charge in [0, 0.05) is 71.8 Å². The SMILES string of the molecule is Brc1ccc2cnccc2c1.CC(C)(C)OC(=O)N1CCc2cc(C=O)ccc2C1.COC(=O)c1ccc2c(c1)CCN(C(=O)OC(C)(C)C)C2.COC(=O)c1ccc2cnccc2c1. The Hall–Kier alpha value is -6.67. The maximum atomic E-state index is 12.1. The summed E-state index contributed by atoms with van der Waals surface area (Å²) in [6.07, 6.45) is 8.86. The van der Waals surface area contributed by atoms with Crippen LogP contribution in [0.3, 0.4) is 0 Å². The van der Waals surface area contributed by atoms with Gasteiger partial charge in [-0.25, -0.2) is 19.2 Å². The Balaban J connectivity index is 0.000000167. The number of aldehydes is 1. The van der Waals surface area contributed by atoms with Crippen molar-refractivity contribution in [1.29, 1.82) is 0 Å². The van der Waals surface area contributed by atoms with Crippen LogP contribution in [-0.4, -0.2) is 88.7 Å². The first-order valence-electron chi connectivity index (χ1n) is 21.0. The molecule has 2 aliphatic rings. The minimum absolute atomic E-state index is 0.280. The van der Waals surface area contributed by atoms with Crippen LogP contribution in [0.4, 0.5) is 9.59 Å². The van der Waals surface area contributed by atoms with Crippen LogP contribution in [0.2, 0.25) is 0 Å². The van der Waals surface area contributed by atoms with Crippen molar-refractivity contribution in [3.8, 4) is 0 Å². The average molecular weight is 948 g/mol. The van der Waals surface area contributed by atoms with Crippen LogP contribution < -0.4 is 0 Å². The first kappa shape index (κ1) is 49.3. The standard InChI is InChI=1S/C16H21NO4.C15H19NO3.C11H9NO2.C9H6BrN/c1-16(2,3)21-15(19)17-8-7-11-9-12(14(18)20-4)5-6-13(11)10-17;1-15(2,3)19-14(18)16-7-6-12-8-11(10-17)4-5-13(12)9-16;1-14-11(13)9-2-3-10-7-12-5-4-8(10)6-9;10-9-2-1-8-6-11-4-3-7(8)5-9/h5-6,9H,7-8,10H2,1-4H3;4-5,8,10H,6-7,9H2,1-3H3;2-7H,1H3;1-6H. The summed E-state index contributed by atoms with van der Waals surface area (Å²) in [5.74, 6) is -0.656. The van der Waals surface area contributed by atoms with Gasteiger partial charge in [-0.3, -0.25) is 14.8 Å². The van der Waals surface area contributed by atoms with E-state index in [-0.39, 0.29) is 24.1 Å². The van der Waals surface area contributed by atoms with Gasteiger partial charge in [0.15, 0.2) is 0 Å². The van der Waals surface area contributed by atoms with Gasteiger partial charge in [0.25, 0.3) is 0 Å². The van der Waals surface area contributed by atoms with E-state index in [9.17, 15) is 24.0 Å². The Labute approximate surface area is 388 Å². The highest BCUT2D eigenvalue weighted by atomic mass is 79.9. The number of aromatic nitrogens is 2. The predicted octanol–water partition coefficient (Wildman–Crippen LogP) is 10.6. The van der Waals surface area contributed by atoms with Gasteiger partial charge in [-0.15, -0.1) is 0 Å². The number of fused-ring (bicyclic) bond motifs is 4. The number of carbonyl (C=O) groups excluding carboxylic acids is 5. The number of benzene rings is 4. The van der Waals surface area contributed by atoms with Gasteiger partial charge in [-0.2, -0.15) is 0 Å². The van der Waals surface area contributed by atoms with Gasteiger partial charge in [0.1, 0.15) is 17.5 Å². The number of carbonyl (C=O) groups is 5. The van der Waals surface area contributed by atoms with Crippen LogP contribution in [-0.2, 0) is 44.9 Å². The summed E-state index contributed by atoms with van der Waals surface area (Å²) >= 11 is 3.41. The van der Waals surface area contributed by atoms with E-state index in [0.717, 1.165) is 50.2 Å². The van der Waals surface area contributed by atoms with Gasteiger partial charge in [0.05, 0.1) is 25.3 Å². The first-order chi connectivity index (χ1) is 30.9. The monoisotopic (exact) mass is 946 g/mol. The van der Waals surface area contributed by atoms with Crippen LogP contribution >= 0.6 is 15.9 Å². The number of ether oxygens (including phenoxy) is 4. The zero-order chi connectivity index (χ0) is 47.3. The number of halogens is 1. The second kappa shape index (κ2) is 22.3. The molecular formula is C51H55BrN4O9. The molecule has 0 N–H and O–H groups in total. The molecule has 0 fully saturated rings. The van der Waals surface area contributed by atoms with E-state index >= 15 is 0 Å². The zero-order valence-corrected chi connectivity index (χ0v) is 39.6. The Morgan fingerprint density at radius 1 is 0.569 bits per heavy atom. The molecular weight excluding hydrogens is 892 g/mol. The van der Waals surface area contributed by atoms with Crippen molar-refractivity contribution >= 4 is 67.9 Å². The molecule has 0 saturated heterocycles. The Kier molecular flexibility index (Phi) is 16.9. The van der Waals surface area contributed by atoms with E-state index < -0.39 is 11.2 Å². The summed E-state index contributed by atoms with van der Waals surface area (Å²) in [5.41, 5.74) is 5.17. The molecule has 2 aromatic heterocycles. The summed E-state index contributed by atoms with van der Waals surface area (Å²) in [7, 11) is 2.74. The van der Waals surface area contributed by atoms with E-state index in [2.05, 4.69) is 36.7 Å². The lowest BCUT2D eigenvalue weighted by Crippen LogP contribution is -2.39. The third kappa shape index (κ3) is 14.7. The first-order valence-corrected chi connectivity index (χ1v) is 21.8. The molecule has 65 heavy (non-hydrogen) atoms. The summed E-state index contributed by atoms with van der Waals surface area (Å²) in [5, 5.41) is 4.40. The predicted molar refractivity (Wildman–Crippen MR) is 253 cm³/mol. The largest absolute Gasteiger partial charge is 0.465 e. The number of methoxy groups -OCH3 is 2. The van der Waals surface area contributed by atoms with Gasteiger partial charge < -0.3 is 28.7 Å². The van der Waals surface area contributed by atoms with Crippen LogP contribution in [0, 0.1) is 0 Å². The quantitative estimate of drug-likeness (QED) is 0.0946. The summed E-state index contributed by atoms with van der Waals surface area (Å²) < 4.78 is 21.2. The van der Waals surface area contributed by atoms with E-state index in [1.807, 2.05) is 102 Å². The number of pyridine rings is 2. The van der Waals surface area contributed by atoms with Crippen molar-refractivity contribution < 1.29 is 42.9 Å². The molecule has 0 spiro atoms. The molecule has 13 nitrogen and oxygen atoms in total. The highest BCUT2D eigenvalue weighted by Gasteiger charge is 2.27. The van der Waals surface area contributed by atoms with Crippen molar-refractivity contribution in [2.24, 2.45) is 0 Å². The summed E-state index contributed by atoms with van der Waals surface area (Å²) in [6.45, 7) is 13.4. The molecule has 0 bridgehead atoms. The Morgan fingerprint density at radius 3 is 1.54 bits per heavy atom. The number of hydrogen-bond acceptors (Lipinski definition) is 11. The molecule has 0 atom stereocenters. The number of amides is 2. The fraction of sp³-hybridized carbons (Fsp3) is 0.314. The number of rotatable bonds is 3. The zero-order valence-electron chi connectivity index (χ0n) is 38.1. The highest BCUT2D eigenvalue weighted by molar-refractivity contribution is 9.10. The van der Waals surface area contributed by atoms with Crippen molar-refractivity contribution in [1.82, 2.24) is 19.8 Å². The van der Waals surface area contributed by atoms with Crippen LogP contribution in [0.5, 0.6) is 0 Å². The van der Waals surface area contributed by atoms with Gasteiger partial charge in [-0.05, 0) is 142 Å². The molecule has 8 rings (SSSR count). The molecule has 14 heteroatoms. The van der Waals surface area contributed by atoms with Gasteiger partial charge in [0.2, 0.25) is 0 Å². The lowest BCUT2D eigenvalue weighted by atomic mass is 9.97. The summed E-state index contributed by atoms with van der Waals surface area (Å²) in [4.78, 5) is 69.0. The van der Waals surface area contributed by atoms with Crippen LogP contribution in [0.15, 0.2) is 114 Å². The van der Waals surface area contributed by atoms with E-state index in [4.69, 9.17) is 14.2 Å². The highest BCUT2D eigenvalue weighted by Crippen LogP contribution is 2.24. The summed E-state index contributed by atoms with van der Waals surface area (Å²) in [6, 6.07) is 26.4. The molecule has 0 aliphatic carbocycles. The molecule has 4 heterocycles. The van der Waals surface area contributed by atoms with E-state index in [1.165, 1.54) is 25.0 Å². The van der Waals surface area contributed by atoms with Gasteiger partial charge in [-0.1, -0.05) is 46.3 Å². The Bertz CT molecular complexity index is 2660. The molecule has 0 radical (unpaired) electrons. The van der Waals surface area contributed by atoms with Crippen molar-refractivity contribution in [3.63, 3.8) is 0 Å². The fourth-order valence-corrected chi connectivity index (χ4v) is 7.17. The normalized spacial score (nSPS) is 12.9. The molecule has 340 valence electrons. The van der Waals surface area contributed by atoms with Crippen LogP contribution in [0.25, 0.3) is 21.5 Å². The van der Waals surface area contributed by atoms with Crippen molar-refractivity contribution in [2.45, 2.75) is 78.7 Å².